The molecule has 2 aliphatic carbocycles. The van der Waals surface area contributed by atoms with E-state index in [2.05, 4.69) is 26.3 Å². The molecule has 4 aliphatic rings. The summed E-state index contributed by atoms with van der Waals surface area (Å²) < 4.78 is 12.9. The standard InChI is InChI=1S/C24H29ClN6O2S/c25-17-11-26-20(27-12-17)16-4-8-23(9-5-16)13-31(14-23)22-28-18-3-1-10-34(33)19(18)21(29-22)30-24(15-32)6-2-7-24/h4,11-12,32H,1-3,5-10,13-15H2,(H,28,29,30). The monoisotopic (exact) mass is 500 g/mol. The van der Waals surface area contributed by atoms with Crippen LogP contribution in [0, 0.1) is 5.41 Å². The van der Waals surface area contributed by atoms with Crippen molar-refractivity contribution < 1.29 is 9.32 Å². The van der Waals surface area contributed by atoms with Crippen LogP contribution in [-0.4, -0.2) is 60.2 Å². The first-order valence-corrected chi connectivity index (χ1v) is 13.8. The highest BCUT2D eigenvalue weighted by Gasteiger charge is 2.45. The van der Waals surface area contributed by atoms with Crippen LogP contribution < -0.4 is 10.2 Å². The lowest BCUT2D eigenvalue weighted by atomic mass is 9.69. The number of allylic oxidation sites excluding steroid dienone is 2. The molecule has 1 atom stereocenters. The number of hydrogen-bond donors (Lipinski definition) is 2. The number of nitrogens with one attached hydrogen (secondary N) is 1. The zero-order valence-electron chi connectivity index (χ0n) is 19.1. The Balaban J connectivity index is 1.21. The Kier molecular flexibility index (Phi) is 5.61. The molecule has 0 radical (unpaired) electrons. The molecular weight excluding hydrogens is 472 g/mol. The summed E-state index contributed by atoms with van der Waals surface area (Å²) >= 11 is 5.92. The van der Waals surface area contributed by atoms with Crippen molar-refractivity contribution in [2.24, 2.45) is 5.41 Å². The number of halogens is 1. The smallest absolute Gasteiger partial charge is 0.227 e. The second kappa shape index (κ2) is 8.53. The van der Waals surface area contributed by atoms with Crippen molar-refractivity contribution >= 4 is 39.7 Å². The predicted octanol–water partition coefficient (Wildman–Crippen LogP) is 3.37. The van der Waals surface area contributed by atoms with Gasteiger partial charge in [0.05, 0.1) is 33.7 Å². The second-order valence-electron chi connectivity index (χ2n) is 10.2. The molecule has 2 aliphatic heterocycles. The molecule has 1 unspecified atom stereocenters. The van der Waals surface area contributed by atoms with Crippen LogP contribution in [-0.2, 0) is 17.2 Å². The summed E-state index contributed by atoms with van der Waals surface area (Å²) in [5.74, 6) is 2.80. The Hall–Kier alpha value is -2.10. The zero-order chi connectivity index (χ0) is 23.3. The van der Waals surface area contributed by atoms with Crippen molar-refractivity contribution in [3.05, 3.63) is 35.0 Å². The van der Waals surface area contributed by atoms with Crippen molar-refractivity contribution in [1.29, 1.82) is 0 Å². The van der Waals surface area contributed by atoms with Gasteiger partial charge < -0.3 is 15.3 Å². The highest BCUT2D eigenvalue weighted by molar-refractivity contribution is 7.85. The van der Waals surface area contributed by atoms with Gasteiger partial charge in [0.1, 0.15) is 10.7 Å². The lowest BCUT2D eigenvalue weighted by Crippen LogP contribution is -2.57. The molecule has 2 aromatic heterocycles. The van der Waals surface area contributed by atoms with Crippen molar-refractivity contribution in [1.82, 2.24) is 19.9 Å². The van der Waals surface area contributed by atoms with Gasteiger partial charge in [0.15, 0.2) is 5.82 Å². The molecule has 1 saturated heterocycles. The maximum Gasteiger partial charge on any atom is 0.227 e. The molecule has 1 spiro atoms. The van der Waals surface area contributed by atoms with Gasteiger partial charge in [0, 0.05) is 36.7 Å². The number of aromatic nitrogens is 4. The number of hydrogen-bond acceptors (Lipinski definition) is 8. The van der Waals surface area contributed by atoms with E-state index in [9.17, 15) is 9.32 Å². The highest BCUT2D eigenvalue weighted by atomic mass is 35.5. The van der Waals surface area contributed by atoms with Gasteiger partial charge in [-0.05, 0) is 56.9 Å². The fourth-order valence-corrected chi connectivity index (χ4v) is 7.02. The van der Waals surface area contributed by atoms with Gasteiger partial charge in [-0.1, -0.05) is 17.7 Å². The quantitative estimate of drug-likeness (QED) is 0.644. The summed E-state index contributed by atoms with van der Waals surface area (Å²) in [7, 11) is -1.10. The Morgan fingerprint density at radius 3 is 2.56 bits per heavy atom. The van der Waals surface area contributed by atoms with E-state index in [1.807, 2.05) is 0 Å². The first-order chi connectivity index (χ1) is 16.5. The number of nitrogens with zero attached hydrogens (tertiary/aromatic N) is 5. The molecule has 4 heterocycles. The Labute approximate surface area is 206 Å². The van der Waals surface area contributed by atoms with Crippen LogP contribution in [0.25, 0.3) is 5.57 Å². The first-order valence-electron chi connectivity index (χ1n) is 12.1. The van der Waals surface area contributed by atoms with Gasteiger partial charge in [0.25, 0.3) is 0 Å². The highest BCUT2D eigenvalue weighted by Crippen LogP contribution is 2.46. The van der Waals surface area contributed by atoms with E-state index < -0.39 is 10.8 Å². The van der Waals surface area contributed by atoms with Crippen molar-refractivity contribution in [2.45, 2.75) is 61.8 Å². The van der Waals surface area contributed by atoms with E-state index >= 15 is 0 Å². The molecule has 6 rings (SSSR count). The number of fused-ring (bicyclic) bond motifs is 1. The van der Waals surface area contributed by atoms with E-state index in [1.54, 1.807) is 12.4 Å². The molecular formula is C24H29ClN6O2S. The molecule has 10 heteroatoms. The average Bonchev–Trinajstić information content (AvgIpc) is 2.80. The zero-order valence-corrected chi connectivity index (χ0v) is 20.7. The minimum atomic E-state index is -1.10. The summed E-state index contributed by atoms with van der Waals surface area (Å²) in [6.45, 7) is 1.88. The molecule has 0 aromatic carbocycles. The molecule has 34 heavy (non-hydrogen) atoms. The van der Waals surface area contributed by atoms with Crippen molar-refractivity contribution in [3.63, 3.8) is 0 Å². The third kappa shape index (κ3) is 3.91. The third-order valence-electron chi connectivity index (χ3n) is 7.84. The molecule has 2 fully saturated rings. The summed E-state index contributed by atoms with van der Waals surface area (Å²) in [6, 6.07) is 0. The topological polar surface area (TPSA) is 104 Å². The number of rotatable bonds is 5. The largest absolute Gasteiger partial charge is 0.394 e. The van der Waals surface area contributed by atoms with Crippen LogP contribution in [0.15, 0.2) is 23.4 Å². The van der Waals surface area contributed by atoms with Gasteiger partial charge in [-0.2, -0.15) is 4.98 Å². The lowest BCUT2D eigenvalue weighted by molar-refractivity contribution is 0.143. The number of aliphatic hydroxyl groups is 1. The fourth-order valence-electron chi connectivity index (χ4n) is 5.59. The van der Waals surface area contributed by atoms with Gasteiger partial charge in [-0.3, -0.25) is 4.21 Å². The first kappa shape index (κ1) is 22.4. The van der Waals surface area contributed by atoms with E-state index in [0.29, 0.717) is 22.5 Å². The Morgan fingerprint density at radius 1 is 1.12 bits per heavy atom. The molecule has 1 saturated carbocycles. The Bertz CT molecular complexity index is 1160. The number of anilines is 2. The normalized spacial score (nSPS) is 24.6. The summed E-state index contributed by atoms with van der Waals surface area (Å²) in [6.07, 6.45) is 13.2. The Morgan fingerprint density at radius 2 is 1.91 bits per heavy atom. The molecule has 180 valence electrons. The van der Waals surface area contributed by atoms with Crippen LogP contribution in [0.5, 0.6) is 0 Å². The third-order valence-corrected chi connectivity index (χ3v) is 9.58. The number of aliphatic hydroxyl groups excluding tert-OH is 1. The second-order valence-corrected chi connectivity index (χ2v) is 12.2. The van der Waals surface area contributed by atoms with Crippen LogP contribution >= 0.6 is 11.6 Å². The van der Waals surface area contributed by atoms with E-state index in [-0.39, 0.29) is 17.6 Å². The van der Waals surface area contributed by atoms with Crippen LogP contribution in [0.1, 0.15) is 56.5 Å². The van der Waals surface area contributed by atoms with Crippen molar-refractivity contribution in [2.75, 3.05) is 35.7 Å². The van der Waals surface area contributed by atoms with E-state index in [1.165, 1.54) is 5.57 Å². The summed E-state index contributed by atoms with van der Waals surface area (Å²) in [5, 5.41) is 14.0. The van der Waals surface area contributed by atoms with E-state index in [4.69, 9.17) is 21.6 Å². The van der Waals surface area contributed by atoms with E-state index in [0.717, 1.165) is 80.9 Å². The van der Waals surface area contributed by atoms with Gasteiger partial charge >= 0.3 is 0 Å². The van der Waals surface area contributed by atoms with Crippen LogP contribution in [0.2, 0.25) is 5.02 Å². The SMILES string of the molecule is O=S1CCCc2nc(N3CC4(CC=C(c5ncc(Cl)cn5)CC4)C3)nc(NC3(CO)CCC3)c21. The fraction of sp³-hybridized carbons (Fsp3) is 0.583. The van der Waals surface area contributed by atoms with Gasteiger partial charge in [0.2, 0.25) is 5.95 Å². The van der Waals surface area contributed by atoms with Crippen LogP contribution in [0.4, 0.5) is 11.8 Å². The number of aryl methyl sites for hydroxylation is 1. The molecule has 2 N–H and O–H groups in total. The summed E-state index contributed by atoms with van der Waals surface area (Å²) in [5.41, 5.74) is 1.97. The minimum Gasteiger partial charge on any atom is -0.394 e. The van der Waals surface area contributed by atoms with Gasteiger partial charge in [-0.15, -0.1) is 0 Å². The van der Waals surface area contributed by atoms with Crippen molar-refractivity contribution in [3.8, 4) is 0 Å². The maximum atomic E-state index is 12.9. The van der Waals surface area contributed by atoms with Crippen LogP contribution in [0.3, 0.4) is 0 Å². The predicted molar refractivity (Wildman–Crippen MR) is 132 cm³/mol. The lowest BCUT2D eigenvalue weighted by Gasteiger charge is -2.52. The molecule has 2 aromatic rings. The van der Waals surface area contributed by atoms with Gasteiger partial charge in [-0.25, -0.2) is 15.0 Å². The average molecular weight is 501 g/mol. The maximum absolute atomic E-state index is 12.9. The molecule has 0 bridgehead atoms. The molecule has 0 amide bonds. The molecule has 8 nitrogen and oxygen atoms in total. The minimum absolute atomic E-state index is 0.0621. The summed E-state index contributed by atoms with van der Waals surface area (Å²) in [4.78, 5) is 21.5.